The Morgan fingerprint density at radius 3 is 2.70 bits per heavy atom. The van der Waals surface area contributed by atoms with Gasteiger partial charge in [0.25, 0.3) is 0 Å². The second-order valence-electron chi connectivity index (χ2n) is 9.78. The Labute approximate surface area is 214 Å². The monoisotopic (exact) mass is 490 g/mol. The van der Waals surface area contributed by atoms with Crippen molar-refractivity contribution >= 4 is 33.3 Å². The molecular weight excluding hydrogens is 464 g/mol. The highest BCUT2D eigenvalue weighted by atomic mass is 16.5. The van der Waals surface area contributed by atoms with E-state index >= 15 is 0 Å². The van der Waals surface area contributed by atoms with Gasteiger partial charge in [0, 0.05) is 22.0 Å². The van der Waals surface area contributed by atoms with Gasteiger partial charge in [0.15, 0.2) is 12.4 Å². The van der Waals surface area contributed by atoms with Crippen LogP contribution in [0.15, 0.2) is 89.8 Å². The molecule has 37 heavy (non-hydrogen) atoms. The maximum absolute atomic E-state index is 5.86. The molecule has 0 fully saturated rings. The van der Waals surface area contributed by atoms with Gasteiger partial charge in [-0.05, 0) is 63.2 Å². The van der Waals surface area contributed by atoms with Crippen LogP contribution in [0.25, 0.3) is 33.2 Å². The fraction of sp³-hybridized carbons (Fsp3) is 0.172. The molecule has 184 valence electrons. The summed E-state index contributed by atoms with van der Waals surface area (Å²) in [4.78, 5) is 13.8. The van der Waals surface area contributed by atoms with E-state index in [0.717, 1.165) is 38.9 Å². The molecule has 8 nitrogen and oxygen atoms in total. The molecular formula is C29H26N6O2. The minimum absolute atomic E-state index is 0.0961. The molecule has 6 aromatic rings. The molecule has 0 aliphatic carbocycles. The molecule has 0 aliphatic rings. The van der Waals surface area contributed by atoms with Crippen molar-refractivity contribution in [2.45, 2.75) is 32.9 Å². The first-order valence-electron chi connectivity index (χ1n) is 12.1. The zero-order chi connectivity index (χ0) is 25.4. The average Bonchev–Trinajstić information content (AvgIpc) is 3.57. The van der Waals surface area contributed by atoms with Crippen LogP contribution in [-0.4, -0.2) is 24.7 Å². The minimum atomic E-state index is -0.0961. The van der Waals surface area contributed by atoms with Crippen LogP contribution in [0, 0.1) is 0 Å². The molecule has 0 aliphatic heterocycles. The van der Waals surface area contributed by atoms with E-state index in [-0.39, 0.29) is 12.1 Å². The Morgan fingerprint density at radius 1 is 0.973 bits per heavy atom. The Kier molecular flexibility index (Phi) is 5.56. The molecule has 3 heterocycles. The summed E-state index contributed by atoms with van der Waals surface area (Å²) >= 11 is 0. The lowest BCUT2D eigenvalue weighted by Gasteiger charge is -2.20. The number of para-hydroxylation sites is 1. The van der Waals surface area contributed by atoms with Gasteiger partial charge in [0.2, 0.25) is 5.89 Å². The van der Waals surface area contributed by atoms with Crippen molar-refractivity contribution in [3.8, 4) is 17.1 Å². The first kappa shape index (κ1) is 22.7. The van der Waals surface area contributed by atoms with Crippen LogP contribution in [0.3, 0.4) is 0 Å². The number of rotatable bonds is 6. The molecule has 3 aromatic carbocycles. The quantitative estimate of drug-likeness (QED) is 0.277. The number of anilines is 2. The first-order valence-corrected chi connectivity index (χ1v) is 12.1. The van der Waals surface area contributed by atoms with Gasteiger partial charge in [0.05, 0.1) is 29.0 Å². The molecule has 0 bridgehead atoms. The highest BCUT2D eigenvalue weighted by Gasteiger charge is 2.17. The number of hydrogen-bond donors (Lipinski definition) is 1. The average molecular weight is 491 g/mol. The number of aromatic nitrogens is 5. The number of fused-ring (bicyclic) bond motifs is 2. The molecule has 0 unspecified atom stereocenters. The lowest BCUT2D eigenvalue weighted by Crippen LogP contribution is -2.22. The SMILES string of the molecule is CC(C)(C)n1ncc2cc(Nc3nc(-c4cccc(OCc5ncco5)c4)nc4ccccc34)ccc21. The Balaban J connectivity index is 1.35. The molecule has 1 N–H and O–H groups in total. The van der Waals surface area contributed by atoms with Crippen molar-refractivity contribution in [1.29, 1.82) is 0 Å². The second kappa shape index (κ2) is 9.05. The van der Waals surface area contributed by atoms with Crippen LogP contribution in [0.1, 0.15) is 26.7 Å². The zero-order valence-electron chi connectivity index (χ0n) is 20.8. The molecule has 6 rings (SSSR count). The molecule has 3 aromatic heterocycles. The third-order valence-corrected chi connectivity index (χ3v) is 6.01. The van der Waals surface area contributed by atoms with Crippen molar-refractivity contribution < 1.29 is 9.15 Å². The molecule has 0 amide bonds. The lowest BCUT2D eigenvalue weighted by molar-refractivity contribution is 0.263. The number of nitrogens with one attached hydrogen (secondary N) is 1. The fourth-order valence-electron chi connectivity index (χ4n) is 4.28. The maximum Gasteiger partial charge on any atom is 0.232 e. The Hall–Kier alpha value is -4.72. The van der Waals surface area contributed by atoms with Gasteiger partial charge >= 0.3 is 0 Å². The summed E-state index contributed by atoms with van der Waals surface area (Å²) in [6.07, 6.45) is 5.03. The molecule has 0 saturated heterocycles. The van der Waals surface area contributed by atoms with E-state index in [1.54, 1.807) is 6.20 Å². The molecule has 0 saturated carbocycles. The van der Waals surface area contributed by atoms with Gasteiger partial charge < -0.3 is 14.5 Å². The lowest BCUT2D eigenvalue weighted by atomic mass is 10.1. The van der Waals surface area contributed by atoms with Gasteiger partial charge in [-0.2, -0.15) is 5.10 Å². The molecule has 0 radical (unpaired) electrons. The van der Waals surface area contributed by atoms with Crippen molar-refractivity contribution in [2.24, 2.45) is 0 Å². The fourth-order valence-corrected chi connectivity index (χ4v) is 4.28. The summed E-state index contributed by atoms with van der Waals surface area (Å²) in [5.41, 5.74) is 3.62. The highest BCUT2D eigenvalue weighted by Crippen LogP contribution is 2.31. The van der Waals surface area contributed by atoms with Gasteiger partial charge in [0.1, 0.15) is 17.8 Å². The number of oxazole rings is 1. The normalized spacial score (nSPS) is 11.8. The number of nitrogens with zero attached hydrogens (tertiary/aromatic N) is 5. The Bertz CT molecular complexity index is 1700. The smallest absolute Gasteiger partial charge is 0.232 e. The molecule has 8 heteroatoms. The summed E-state index contributed by atoms with van der Waals surface area (Å²) in [6.45, 7) is 6.69. The van der Waals surface area contributed by atoms with Crippen molar-refractivity contribution in [3.63, 3.8) is 0 Å². The molecule has 0 atom stereocenters. The number of benzene rings is 3. The highest BCUT2D eigenvalue weighted by molar-refractivity contribution is 5.93. The van der Waals surface area contributed by atoms with Gasteiger partial charge in [-0.25, -0.2) is 15.0 Å². The standard InChI is InChI=1S/C29H26N6O2/c1-29(2,3)35-25-12-11-21(15-20(25)17-31-35)32-28-23-9-4-5-10-24(23)33-27(34-28)19-7-6-8-22(16-19)37-18-26-30-13-14-36-26/h4-17H,18H2,1-3H3,(H,32,33,34). The van der Waals surface area contributed by atoms with Crippen molar-refractivity contribution in [1.82, 2.24) is 24.7 Å². The Morgan fingerprint density at radius 2 is 1.86 bits per heavy atom. The van der Waals surface area contributed by atoms with Crippen molar-refractivity contribution in [2.75, 3.05) is 5.32 Å². The van der Waals surface area contributed by atoms with Crippen LogP contribution < -0.4 is 10.1 Å². The molecule has 0 spiro atoms. The van der Waals surface area contributed by atoms with Crippen LogP contribution in [-0.2, 0) is 12.1 Å². The van der Waals surface area contributed by atoms with Crippen LogP contribution in [0.5, 0.6) is 5.75 Å². The van der Waals surface area contributed by atoms with Gasteiger partial charge in [-0.3, -0.25) is 4.68 Å². The summed E-state index contributed by atoms with van der Waals surface area (Å²) in [6, 6.07) is 21.9. The summed E-state index contributed by atoms with van der Waals surface area (Å²) < 4.78 is 13.2. The van der Waals surface area contributed by atoms with E-state index in [2.05, 4.69) is 54.4 Å². The topological polar surface area (TPSA) is 90.9 Å². The number of hydrogen-bond acceptors (Lipinski definition) is 7. The summed E-state index contributed by atoms with van der Waals surface area (Å²) in [7, 11) is 0. The third-order valence-electron chi connectivity index (χ3n) is 6.01. The van der Waals surface area contributed by atoms with E-state index in [4.69, 9.17) is 19.1 Å². The van der Waals surface area contributed by atoms with Gasteiger partial charge in [-0.1, -0.05) is 24.3 Å². The zero-order valence-corrected chi connectivity index (χ0v) is 20.8. The maximum atomic E-state index is 5.86. The van der Waals surface area contributed by atoms with E-state index in [1.807, 2.05) is 59.4 Å². The van der Waals surface area contributed by atoms with E-state index in [0.29, 0.717) is 17.5 Å². The largest absolute Gasteiger partial charge is 0.484 e. The predicted octanol–water partition coefficient (Wildman–Crippen LogP) is 6.71. The third kappa shape index (κ3) is 4.61. The number of ether oxygens (including phenoxy) is 1. The van der Waals surface area contributed by atoms with Crippen molar-refractivity contribution in [3.05, 3.63) is 91.3 Å². The second-order valence-corrected chi connectivity index (χ2v) is 9.78. The van der Waals surface area contributed by atoms with Crippen LogP contribution >= 0.6 is 0 Å². The van der Waals surface area contributed by atoms with Gasteiger partial charge in [-0.15, -0.1) is 0 Å². The first-order chi connectivity index (χ1) is 17.9. The minimum Gasteiger partial charge on any atom is -0.484 e. The predicted molar refractivity (Wildman–Crippen MR) is 144 cm³/mol. The summed E-state index contributed by atoms with van der Waals surface area (Å²) in [5.74, 6) is 2.53. The van der Waals surface area contributed by atoms with E-state index in [9.17, 15) is 0 Å². The van der Waals surface area contributed by atoms with E-state index in [1.165, 1.54) is 6.26 Å². The van der Waals surface area contributed by atoms with E-state index < -0.39 is 0 Å². The van der Waals surface area contributed by atoms with Crippen LogP contribution in [0.2, 0.25) is 0 Å². The van der Waals surface area contributed by atoms with Crippen LogP contribution in [0.4, 0.5) is 11.5 Å². The summed E-state index contributed by atoms with van der Waals surface area (Å²) in [5, 5.41) is 10.1.